The fourth-order valence-electron chi connectivity index (χ4n) is 2.16. The molecule has 0 aliphatic carbocycles. The number of nitrogens with zero attached hydrogens (tertiary/aromatic N) is 2. The molecule has 0 spiro atoms. The van der Waals surface area contributed by atoms with E-state index < -0.39 is 4.92 Å². The number of nitro groups is 1. The first-order chi connectivity index (χ1) is 10.1. The number of hydrogen-bond donors (Lipinski definition) is 1. The molecular weight excluding hydrogens is 266 g/mol. The monoisotopic (exact) mass is 279 g/mol. The van der Waals surface area contributed by atoms with Crippen LogP contribution < -0.4 is 5.73 Å². The van der Waals surface area contributed by atoms with Gasteiger partial charge in [0.05, 0.1) is 21.8 Å². The van der Waals surface area contributed by atoms with Crippen LogP contribution in [-0.2, 0) is 0 Å². The van der Waals surface area contributed by atoms with Gasteiger partial charge in [0.15, 0.2) is 0 Å². The lowest BCUT2D eigenvalue weighted by Crippen LogP contribution is -2.06. The third-order valence-electron chi connectivity index (χ3n) is 3.16. The van der Waals surface area contributed by atoms with Gasteiger partial charge in [-0.3, -0.25) is 10.1 Å². The highest BCUT2D eigenvalue weighted by molar-refractivity contribution is 5.98. The predicted octanol–water partition coefficient (Wildman–Crippen LogP) is 3.25. The number of hydrogen-bond acceptors (Lipinski definition) is 4. The topological polar surface area (TPSA) is 92.9 Å². The smallest absolute Gasteiger partial charge is 0.278 e. The van der Waals surface area contributed by atoms with E-state index in [1.54, 1.807) is 43.3 Å². The van der Waals surface area contributed by atoms with Crippen molar-refractivity contribution in [1.29, 1.82) is 5.26 Å². The minimum absolute atomic E-state index is 0.101. The van der Waals surface area contributed by atoms with Gasteiger partial charge in [-0.25, -0.2) is 0 Å². The molecule has 0 radical (unpaired) electrons. The molecule has 104 valence electrons. The van der Waals surface area contributed by atoms with Crippen LogP contribution in [0, 0.1) is 28.4 Å². The van der Waals surface area contributed by atoms with Gasteiger partial charge in [0.1, 0.15) is 6.07 Å². The second-order valence-electron chi connectivity index (χ2n) is 4.49. The molecule has 2 N–H and O–H groups in total. The molecule has 0 atom stereocenters. The summed E-state index contributed by atoms with van der Waals surface area (Å²) in [5, 5.41) is 20.5. The molecule has 0 unspecified atom stereocenters. The van der Waals surface area contributed by atoms with E-state index in [1.165, 1.54) is 6.07 Å². The maximum absolute atomic E-state index is 11.2. The number of rotatable bonds is 3. The van der Waals surface area contributed by atoms with Gasteiger partial charge in [0.25, 0.3) is 5.69 Å². The molecule has 0 aliphatic rings. The SMILES string of the molecule is Cc1cccc([N+](=O)[O-])c1/C(N)=C(/C#N)c1ccccc1. The molecule has 5 heteroatoms. The van der Waals surface area contributed by atoms with Gasteiger partial charge in [0.2, 0.25) is 0 Å². The molecule has 0 bridgehead atoms. The summed E-state index contributed by atoms with van der Waals surface area (Å²) in [4.78, 5) is 10.7. The molecule has 0 saturated carbocycles. The molecule has 0 amide bonds. The molecular formula is C16H13N3O2. The van der Waals surface area contributed by atoms with Crippen molar-refractivity contribution in [2.45, 2.75) is 6.92 Å². The van der Waals surface area contributed by atoms with Gasteiger partial charge < -0.3 is 5.73 Å². The van der Waals surface area contributed by atoms with Crippen LogP contribution in [0.3, 0.4) is 0 Å². The zero-order valence-electron chi connectivity index (χ0n) is 11.4. The van der Waals surface area contributed by atoms with Gasteiger partial charge >= 0.3 is 0 Å². The molecule has 21 heavy (non-hydrogen) atoms. The Kier molecular flexibility index (Phi) is 4.00. The maximum Gasteiger partial charge on any atom is 0.278 e. The van der Waals surface area contributed by atoms with Crippen LogP contribution in [0.1, 0.15) is 16.7 Å². The average molecular weight is 279 g/mol. The van der Waals surface area contributed by atoms with Crippen LogP contribution in [0.4, 0.5) is 5.69 Å². The summed E-state index contributed by atoms with van der Waals surface area (Å²) in [6.45, 7) is 1.73. The van der Waals surface area contributed by atoms with Crippen molar-refractivity contribution in [2.75, 3.05) is 0 Å². The van der Waals surface area contributed by atoms with Gasteiger partial charge in [-0.05, 0) is 18.1 Å². The van der Waals surface area contributed by atoms with Crippen LogP contribution in [0.5, 0.6) is 0 Å². The standard InChI is InChI=1S/C16H13N3O2/c1-11-6-5-9-14(19(20)21)15(11)16(18)13(10-17)12-7-3-2-4-8-12/h2-9H,18H2,1H3/b16-13+. The number of nitrogens with two attached hydrogens (primary N) is 1. The Bertz CT molecular complexity index is 759. The summed E-state index contributed by atoms with van der Waals surface area (Å²) in [5.41, 5.74) is 7.91. The minimum atomic E-state index is -0.491. The fraction of sp³-hybridized carbons (Fsp3) is 0.0625. The van der Waals surface area contributed by atoms with E-state index in [9.17, 15) is 15.4 Å². The predicted molar refractivity (Wildman–Crippen MR) is 80.9 cm³/mol. The quantitative estimate of drug-likeness (QED) is 0.404. The molecule has 2 aromatic rings. The highest BCUT2D eigenvalue weighted by Gasteiger charge is 2.20. The van der Waals surface area contributed by atoms with Gasteiger partial charge in [-0.2, -0.15) is 5.26 Å². The number of aryl methyl sites for hydroxylation is 1. The average Bonchev–Trinajstić information content (AvgIpc) is 2.48. The fourth-order valence-corrected chi connectivity index (χ4v) is 2.16. The van der Waals surface area contributed by atoms with Crippen LogP contribution in [-0.4, -0.2) is 4.92 Å². The summed E-state index contributed by atoms with van der Waals surface area (Å²) in [6, 6.07) is 15.6. The Morgan fingerprint density at radius 3 is 2.43 bits per heavy atom. The molecule has 5 nitrogen and oxygen atoms in total. The maximum atomic E-state index is 11.2. The number of benzene rings is 2. The van der Waals surface area contributed by atoms with Gasteiger partial charge in [-0.15, -0.1) is 0 Å². The lowest BCUT2D eigenvalue weighted by molar-refractivity contribution is -0.385. The van der Waals surface area contributed by atoms with Crippen LogP contribution >= 0.6 is 0 Å². The minimum Gasteiger partial charge on any atom is -0.397 e. The second kappa shape index (κ2) is 5.88. The Morgan fingerprint density at radius 1 is 1.19 bits per heavy atom. The highest BCUT2D eigenvalue weighted by Crippen LogP contribution is 2.31. The Morgan fingerprint density at radius 2 is 1.86 bits per heavy atom. The van der Waals surface area contributed by atoms with E-state index >= 15 is 0 Å². The van der Waals surface area contributed by atoms with E-state index in [0.717, 1.165) is 0 Å². The molecule has 0 saturated heterocycles. The number of nitro benzene ring substituents is 1. The zero-order valence-corrected chi connectivity index (χ0v) is 11.4. The van der Waals surface area contributed by atoms with Crippen LogP contribution in [0.2, 0.25) is 0 Å². The van der Waals surface area contributed by atoms with E-state index in [-0.39, 0.29) is 17.0 Å². The lowest BCUT2D eigenvalue weighted by atomic mass is 9.97. The first-order valence-electron chi connectivity index (χ1n) is 6.26. The molecule has 0 aliphatic heterocycles. The van der Waals surface area contributed by atoms with Crippen molar-refractivity contribution >= 4 is 17.0 Å². The molecule has 0 fully saturated rings. The van der Waals surface area contributed by atoms with Crippen molar-refractivity contribution < 1.29 is 4.92 Å². The largest absolute Gasteiger partial charge is 0.397 e. The van der Waals surface area contributed by atoms with Crippen LogP contribution in [0.25, 0.3) is 11.3 Å². The zero-order chi connectivity index (χ0) is 15.4. The summed E-state index contributed by atoms with van der Waals surface area (Å²) >= 11 is 0. The Hall–Kier alpha value is -3.13. The molecule has 2 aromatic carbocycles. The molecule has 0 aromatic heterocycles. The second-order valence-corrected chi connectivity index (χ2v) is 4.49. The highest BCUT2D eigenvalue weighted by atomic mass is 16.6. The van der Waals surface area contributed by atoms with Crippen LogP contribution in [0.15, 0.2) is 48.5 Å². The summed E-state index contributed by atoms with van der Waals surface area (Å²) in [7, 11) is 0. The van der Waals surface area contributed by atoms with Crippen molar-refractivity contribution in [2.24, 2.45) is 5.73 Å². The van der Waals surface area contributed by atoms with Crippen molar-refractivity contribution in [3.8, 4) is 6.07 Å². The normalized spacial score (nSPS) is 11.4. The summed E-state index contributed by atoms with van der Waals surface area (Å²) < 4.78 is 0. The Labute approximate surface area is 122 Å². The first kappa shape index (κ1) is 14.3. The third-order valence-corrected chi connectivity index (χ3v) is 3.16. The first-order valence-corrected chi connectivity index (χ1v) is 6.26. The Balaban J connectivity index is 2.74. The number of nitriles is 1. The third kappa shape index (κ3) is 2.74. The summed E-state index contributed by atoms with van der Waals surface area (Å²) in [6.07, 6.45) is 0. The van der Waals surface area contributed by atoms with Gasteiger partial charge in [0, 0.05) is 6.07 Å². The van der Waals surface area contributed by atoms with Crippen molar-refractivity contribution in [3.05, 3.63) is 75.3 Å². The van der Waals surface area contributed by atoms with E-state index in [0.29, 0.717) is 16.7 Å². The number of allylic oxidation sites excluding steroid dienone is 1. The van der Waals surface area contributed by atoms with E-state index in [4.69, 9.17) is 5.73 Å². The van der Waals surface area contributed by atoms with E-state index in [2.05, 4.69) is 0 Å². The van der Waals surface area contributed by atoms with Gasteiger partial charge in [-0.1, -0.05) is 42.5 Å². The van der Waals surface area contributed by atoms with Crippen molar-refractivity contribution in [1.82, 2.24) is 0 Å². The molecule has 2 rings (SSSR count). The summed E-state index contributed by atoms with van der Waals surface area (Å²) in [5.74, 6) is 0. The van der Waals surface area contributed by atoms with E-state index in [1.807, 2.05) is 12.1 Å². The lowest BCUT2D eigenvalue weighted by Gasteiger charge is -2.09. The van der Waals surface area contributed by atoms with Crippen molar-refractivity contribution in [3.63, 3.8) is 0 Å². The molecule has 0 heterocycles.